The van der Waals surface area contributed by atoms with E-state index in [9.17, 15) is 14.4 Å². The minimum atomic E-state index is -1.50. The van der Waals surface area contributed by atoms with Crippen LogP contribution in [0.2, 0.25) is 0 Å². The van der Waals surface area contributed by atoms with Crippen LogP contribution in [0, 0.1) is 0 Å². The molecule has 0 aromatic heterocycles. The Morgan fingerprint density at radius 1 is 1.38 bits per heavy atom. The van der Waals surface area contributed by atoms with Crippen LogP contribution in [0.25, 0.3) is 0 Å². The SMILES string of the molecule is COC(=O)[C@H](Cc1ccccc1)NC(=O)C12OC1C/C(=C\N(C)C)C2=O. The number of carbonyl (C=O) groups excluding carboxylic acids is 3. The maximum Gasteiger partial charge on any atom is 0.328 e. The fourth-order valence-electron chi connectivity index (χ4n) is 3.28. The lowest BCUT2D eigenvalue weighted by molar-refractivity contribution is -0.146. The molecule has 0 bridgehead atoms. The van der Waals surface area contributed by atoms with Crippen molar-refractivity contribution in [3.8, 4) is 0 Å². The first-order valence-electron chi connectivity index (χ1n) is 8.41. The highest BCUT2D eigenvalue weighted by Crippen LogP contribution is 2.50. The van der Waals surface area contributed by atoms with Crippen molar-refractivity contribution in [2.24, 2.45) is 0 Å². The number of Topliss-reactive ketones (excluding diaryl/α,β-unsaturated/α-hetero) is 1. The number of hydrogen-bond acceptors (Lipinski definition) is 6. The van der Waals surface area contributed by atoms with Gasteiger partial charge in [0.2, 0.25) is 11.4 Å². The molecule has 0 spiro atoms. The predicted octanol–water partition coefficient (Wildman–Crippen LogP) is 0.443. The molecule has 1 heterocycles. The summed E-state index contributed by atoms with van der Waals surface area (Å²) < 4.78 is 10.2. The zero-order valence-corrected chi connectivity index (χ0v) is 15.0. The normalized spacial score (nSPS) is 26.2. The molecule has 0 radical (unpaired) electrons. The molecule has 1 amide bonds. The first-order valence-corrected chi connectivity index (χ1v) is 8.41. The highest BCUT2D eigenvalue weighted by Gasteiger charge is 2.73. The number of fused-ring (bicyclic) bond motifs is 1. The second kappa shape index (κ2) is 6.92. The molecule has 3 rings (SSSR count). The van der Waals surface area contributed by atoms with E-state index in [-0.39, 0.29) is 12.2 Å². The molecule has 3 atom stereocenters. The first-order chi connectivity index (χ1) is 12.4. The zero-order valence-electron chi connectivity index (χ0n) is 15.0. The van der Waals surface area contributed by atoms with Crippen LogP contribution >= 0.6 is 0 Å². The Kier molecular flexibility index (Phi) is 4.82. The third kappa shape index (κ3) is 3.22. The van der Waals surface area contributed by atoms with Gasteiger partial charge in [0, 0.05) is 38.7 Å². The van der Waals surface area contributed by atoms with Crippen LogP contribution in [0.3, 0.4) is 0 Å². The summed E-state index contributed by atoms with van der Waals surface area (Å²) in [4.78, 5) is 39.2. The molecule has 2 fully saturated rings. The van der Waals surface area contributed by atoms with Gasteiger partial charge in [0.15, 0.2) is 0 Å². The highest BCUT2D eigenvalue weighted by molar-refractivity contribution is 6.22. The van der Waals surface area contributed by atoms with Crippen LogP contribution < -0.4 is 5.32 Å². The van der Waals surface area contributed by atoms with E-state index in [4.69, 9.17) is 9.47 Å². The van der Waals surface area contributed by atoms with Gasteiger partial charge in [0.25, 0.3) is 5.91 Å². The topological polar surface area (TPSA) is 88.2 Å². The van der Waals surface area contributed by atoms with Gasteiger partial charge in [-0.1, -0.05) is 30.3 Å². The van der Waals surface area contributed by atoms with Gasteiger partial charge >= 0.3 is 5.97 Å². The fourth-order valence-corrected chi connectivity index (χ4v) is 3.28. The second-order valence-electron chi connectivity index (χ2n) is 6.73. The van der Waals surface area contributed by atoms with Crippen molar-refractivity contribution in [3.05, 3.63) is 47.7 Å². The van der Waals surface area contributed by atoms with Gasteiger partial charge in [0.1, 0.15) is 12.1 Å². The van der Waals surface area contributed by atoms with Gasteiger partial charge in [-0.25, -0.2) is 4.79 Å². The molecule has 1 aromatic rings. The summed E-state index contributed by atoms with van der Waals surface area (Å²) in [7, 11) is 4.88. The minimum absolute atomic E-state index is 0.272. The summed E-state index contributed by atoms with van der Waals surface area (Å²) in [6.45, 7) is 0. The number of carbonyl (C=O) groups is 3. The zero-order chi connectivity index (χ0) is 18.9. The van der Waals surface area contributed by atoms with Gasteiger partial charge in [-0.15, -0.1) is 0 Å². The Labute approximate surface area is 151 Å². The Balaban J connectivity index is 1.75. The quantitative estimate of drug-likeness (QED) is 0.344. The van der Waals surface area contributed by atoms with E-state index < -0.39 is 29.6 Å². The molecule has 1 aliphatic heterocycles. The van der Waals surface area contributed by atoms with E-state index in [1.807, 2.05) is 44.4 Å². The molecular formula is C19H22N2O5. The third-order valence-corrected chi connectivity index (χ3v) is 4.58. The van der Waals surface area contributed by atoms with E-state index in [0.29, 0.717) is 12.0 Å². The number of rotatable bonds is 6. The molecular weight excluding hydrogens is 336 g/mol. The lowest BCUT2D eigenvalue weighted by Crippen LogP contribution is -2.51. The molecule has 2 aliphatic rings. The van der Waals surface area contributed by atoms with Crippen molar-refractivity contribution in [1.82, 2.24) is 10.2 Å². The molecule has 1 aliphatic carbocycles. The molecule has 2 unspecified atom stereocenters. The van der Waals surface area contributed by atoms with Crippen LogP contribution in [-0.2, 0) is 30.3 Å². The van der Waals surface area contributed by atoms with Crippen LogP contribution in [-0.4, -0.2) is 61.5 Å². The number of benzene rings is 1. The fraction of sp³-hybridized carbons (Fsp3) is 0.421. The Morgan fingerprint density at radius 3 is 2.69 bits per heavy atom. The van der Waals surface area contributed by atoms with Crippen molar-refractivity contribution < 1.29 is 23.9 Å². The molecule has 1 N–H and O–H groups in total. The molecule has 138 valence electrons. The van der Waals surface area contributed by atoms with Crippen LogP contribution in [0.4, 0.5) is 0 Å². The van der Waals surface area contributed by atoms with Crippen LogP contribution in [0.5, 0.6) is 0 Å². The van der Waals surface area contributed by atoms with Crippen molar-refractivity contribution in [3.63, 3.8) is 0 Å². The smallest absolute Gasteiger partial charge is 0.328 e. The Morgan fingerprint density at radius 2 is 2.08 bits per heavy atom. The van der Waals surface area contributed by atoms with E-state index in [1.165, 1.54) is 7.11 Å². The monoisotopic (exact) mass is 358 g/mol. The lowest BCUT2D eigenvalue weighted by Gasteiger charge is -2.18. The van der Waals surface area contributed by atoms with Gasteiger partial charge in [-0.2, -0.15) is 0 Å². The largest absolute Gasteiger partial charge is 0.467 e. The van der Waals surface area contributed by atoms with Gasteiger partial charge in [-0.3, -0.25) is 9.59 Å². The number of esters is 1. The predicted molar refractivity (Wildman–Crippen MR) is 93.1 cm³/mol. The third-order valence-electron chi connectivity index (χ3n) is 4.58. The van der Waals surface area contributed by atoms with E-state index in [1.54, 1.807) is 11.1 Å². The van der Waals surface area contributed by atoms with Gasteiger partial charge < -0.3 is 19.7 Å². The summed E-state index contributed by atoms with van der Waals surface area (Å²) in [5.74, 6) is -1.48. The number of epoxide rings is 1. The number of ether oxygens (including phenoxy) is 2. The van der Waals surface area contributed by atoms with Crippen molar-refractivity contribution in [2.75, 3.05) is 21.2 Å². The molecule has 1 aromatic carbocycles. The standard InChI is InChI=1S/C19H22N2O5/c1-21(2)11-13-10-15-19(26-15,16(13)22)18(24)20-14(17(23)25-3)9-12-7-5-4-6-8-12/h4-8,11,14-15H,9-10H2,1-3H3,(H,20,24)/b13-11+/t14-,15?,19?/m0/s1. The van der Waals surface area contributed by atoms with E-state index in [0.717, 1.165) is 5.56 Å². The lowest BCUT2D eigenvalue weighted by atomic mass is 10.0. The van der Waals surface area contributed by atoms with Gasteiger partial charge in [0.05, 0.1) is 7.11 Å². The average Bonchev–Trinajstić information content (AvgIpc) is 3.28. The number of methoxy groups -OCH3 is 1. The van der Waals surface area contributed by atoms with E-state index >= 15 is 0 Å². The maximum absolute atomic E-state index is 12.8. The summed E-state index contributed by atoms with van der Waals surface area (Å²) in [5, 5.41) is 2.64. The van der Waals surface area contributed by atoms with Crippen molar-refractivity contribution in [2.45, 2.75) is 30.6 Å². The highest BCUT2D eigenvalue weighted by atomic mass is 16.6. The first kappa shape index (κ1) is 18.1. The second-order valence-corrected chi connectivity index (χ2v) is 6.73. The number of ketones is 1. The Hall–Kier alpha value is -2.67. The number of nitrogens with zero attached hydrogens (tertiary/aromatic N) is 1. The molecule has 26 heavy (non-hydrogen) atoms. The maximum atomic E-state index is 12.8. The minimum Gasteiger partial charge on any atom is -0.467 e. The average molecular weight is 358 g/mol. The van der Waals surface area contributed by atoms with Crippen molar-refractivity contribution >= 4 is 17.7 Å². The van der Waals surface area contributed by atoms with E-state index in [2.05, 4.69) is 5.32 Å². The summed E-state index contributed by atoms with van der Waals surface area (Å²) in [6.07, 6.45) is 1.91. The van der Waals surface area contributed by atoms with Crippen molar-refractivity contribution in [1.29, 1.82) is 0 Å². The van der Waals surface area contributed by atoms with Gasteiger partial charge in [-0.05, 0) is 5.56 Å². The van der Waals surface area contributed by atoms with Crippen LogP contribution in [0.15, 0.2) is 42.1 Å². The molecule has 7 nitrogen and oxygen atoms in total. The number of nitrogens with one attached hydrogen (secondary N) is 1. The number of hydrogen-bond donors (Lipinski definition) is 1. The molecule has 1 saturated carbocycles. The number of amides is 1. The molecule has 7 heteroatoms. The van der Waals surface area contributed by atoms with Crippen LogP contribution in [0.1, 0.15) is 12.0 Å². The summed E-state index contributed by atoms with van der Waals surface area (Å²) >= 11 is 0. The molecule has 1 saturated heterocycles. The summed E-state index contributed by atoms with van der Waals surface area (Å²) in [5.41, 5.74) is -0.0656. The summed E-state index contributed by atoms with van der Waals surface area (Å²) in [6, 6.07) is 8.40. The Bertz CT molecular complexity index is 758.